The SMILES string of the molecule is CN1CCN(C)C(c2noc(-c3ccc(C#N)cn3)n2)C1. The molecule has 21 heavy (non-hydrogen) atoms. The van der Waals surface area contributed by atoms with Crippen LogP contribution >= 0.6 is 0 Å². The molecule has 108 valence electrons. The second-order valence-corrected chi connectivity index (χ2v) is 5.26. The molecule has 7 nitrogen and oxygen atoms in total. The molecule has 2 aromatic heterocycles. The smallest absolute Gasteiger partial charge is 0.276 e. The van der Waals surface area contributed by atoms with Crippen LogP contribution in [0.5, 0.6) is 0 Å². The van der Waals surface area contributed by atoms with Crippen molar-refractivity contribution < 1.29 is 4.52 Å². The summed E-state index contributed by atoms with van der Waals surface area (Å²) >= 11 is 0. The predicted octanol–water partition coefficient (Wildman–Crippen LogP) is 0.922. The van der Waals surface area contributed by atoms with Crippen LogP contribution in [0.4, 0.5) is 0 Å². The summed E-state index contributed by atoms with van der Waals surface area (Å²) in [6.45, 7) is 2.88. The van der Waals surface area contributed by atoms with Crippen LogP contribution in [0.2, 0.25) is 0 Å². The highest BCUT2D eigenvalue weighted by Gasteiger charge is 2.28. The van der Waals surface area contributed by atoms with Crippen molar-refractivity contribution in [3.8, 4) is 17.7 Å². The minimum absolute atomic E-state index is 0.125. The Labute approximate surface area is 122 Å². The van der Waals surface area contributed by atoms with Gasteiger partial charge in [-0.15, -0.1) is 0 Å². The molecule has 0 bridgehead atoms. The van der Waals surface area contributed by atoms with Gasteiger partial charge in [0.05, 0.1) is 11.6 Å². The summed E-state index contributed by atoms with van der Waals surface area (Å²) in [5, 5.41) is 12.9. The zero-order chi connectivity index (χ0) is 14.8. The first-order valence-electron chi connectivity index (χ1n) is 6.76. The van der Waals surface area contributed by atoms with Crippen LogP contribution in [0.1, 0.15) is 17.4 Å². The molecule has 1 atom stereocenters. The fraction of sp³-hybridized carbons (Fsp3) is 0.429. The van der Waals surface area contributed by atoms with Gasteiger partial charge in [0.1, 0.15) is 11.8 Å². The maximum atomic E-state index is 8.78. The molecular formula is C14H16N6O. The van der Waals surface area contributed by atoms with E-state index in [2.05, 4.69) is 39.0 Å². The number of hydrogen-bond acceptors (Lipinski definition) is 7. The average Bonchev–Trinajstić information content (AvgIpc) is 2.99. The van der Waals surface area contributed by atoms with Crippen molar-refractivity contribution in [1.82, 2.24) is 24.9 Å². The number of piperazine rings is 1. The molecular weight excluding hydrogens is 268 g/mol. The Balaban J connectivity index is 1.83. The largest absolute Gasteiger partial charge is 0.332 e. The van der Waals surface area contributed by atoms with E-state index in [1.165, 1.54) is 6.20 Å². The van der Waals surface area contributed by atoms with Gasteiger partial charge in [0.25, 0.3) is 5.89 Å². The third-order valence-electron chi connectivity index (χ3n) is 3.70. The summed E-state index contributed by atoms with van der Waals surface area (Å²) in [6.07, 6.45) is 1.50. The lowest BCUT2D eigenvalue weighted by molar-refractivity contribution is 0.108. The van der Waals surface area contributed by atoms with Gasteiger partial charge in [-0.05, 0) is 26.2 Å². The number of likely N-dealkylation sites (N-methyl/N-ethyl adjacent to an activating group) is 2. The van der Waals surface area contributed by atoms with E-state index >= 15 is 0 Å². The van der Waals surface area contributed by atoms with Gasteiger partial charge in [-0.2, -0.15) is 10.2 Å². The summed E-state index contributed by atoms with van der Waals surface area (Å²) in [6, 6.07) is 5.56. The van der Waals surface area contributed by atoms with Crippen LogP contribution in [0.15, 0.2) is 22.9 Å². The second kappa shape index (κ2) is 5.60. The van der Waals surface area contributed by atoms with Crippen LogP contribution in [-0.2, 0) is 0 Å². The lowest BCUT2D eigenvalue weighted by atomic mass is 10.2. The fourth-order valence-corrected chi connectivity index (χ4v) is 2.35. The lowest BCUT2D eigenvalue weighted by Crippen LogP contribution is -2.45. The van der Waals surface area contributed by atoms with Gasteiger partial charge < -0.3 is 9.42 Å². The van der Waals surface area contributed by atoms with Gasteiger partial charge in [0.2, 0.25) is 0 Å². The minimum atomic E-state index is 0.125. The highest BCUT2D eigenvalue weighted by Crippen LogP contribution is 2.23. The standard InChI is InChI=1S/C14H16N6O/c1-19-5-6-20(2)12(9-19)13-17-14(21-18-13)11-4-3-10(7-15)8-16-11/h3-4,8,12H,5-6,9H2,1-2H3. The minimum Gasteiger partial charge on any atom is -0.332 e. The number of rotatable bonds is 2. The van der Waals surface area contributed by atoms with Crippen molar-refractivity contribution in [2.24, 2.45) is 0 Å². The van der Waals surface area contributed by atoms with Gasteiger partial charge in [-0.3, -0.25) is 4.90 Å². The molecule has 1 unspecified atom stereocenters. The summed E-state index contributed by atoms with van der Waals surface area (Å²) in [4.78, 5) is 13.1. The molecule has 7 heteroatoms. The topological polar surface area (TPSA) is 82.1 Å². The molecule has 1 aliphatic rings. The van der Waals surface area contributed by atoms with Gasteiger partial charge in [-0.1, -0.05) is 5.16 Å². The van der Waals surface area contributed by atoms with Crippen molar-refractivity contribution in [2.45, 2.75) is 6.04 Å². The van der Waals surface area contributed by atoms with E-state index in [1.54, 1.807) is 12.1 Å². The van der Waals surface area contributed by atoms with Crippen LogP contribution in [-0.4, -0.2) is 58.7 Å². The highest BCUT2D eigenvalue weighted by molar-refractivity contribution is 5.47. The second-order valence-electron chi connectivity index (χ2n) is 5.26. The zero-order valence-electron chi connectivity index (χ0n) is 12.0. The van der Waals surface area contributed by atoms with Crippen LogP contribution in [0.3, 0.4) is 0 Å². The molecule has 1 fully saturated rings. The third kappa shape index (κ3) is 2.77. The Hall–Kier alpha value is -2.30. The first kappa shape index (κ1) is 13.7. The average molecular weight is 284 g/mol. The van der Waals surface area contributed by atoms with E-state index in [-0.39, 0.29) is 6.04 Å². The van der Waals surface area contributed by atoms with Crippen molar-refractivity contribution >= 4 is 0 Å². The Morgan fingerprint density at radius 1 is 1.33 bits per heavy atom. The number of hydrogen-bond donors (Lipinski definition) is 0. The molecule has 0 spiro atoms. The molecule has 1 aliphatic heterocycles. The van der Waals surface area contributed by atoms with E-state index in [1.807, 2.05) is 6.07 Å². The van der Waals surface area contributed by atoms with E-state index in [4.69, 9.17) is 9.78 Å². The van der Waals surface area contributed by atoms with Gasteiger partial charge in [-0.25, -0.2) is 4.98 Å². The molecule has 3 heterocycles. The molecule has 2 aromatic rings. The van der Waals surface area contributed by atoms with E-state index in [9.17, 15) is 0 Å². The molecule has 1 saturated heterocycles. The normalized spacial score (nSPS) is 20.3. The van der Waals surface area contributed by atoms with E-state index < -0.39 is 0 Å². The van der Waals surface area contributed by atoms with Crippen molar-refractivity contribution in [2.75, 3.05) is 33.7 Å². The number of pyridine rings is 1. The Bertz CT molecular complexity index is 659. The summed E-state index contributed by atoms with van der Waals surface area (Å²) < 4.78 is 5.31. The first-order valence-corrected chi connectivity index (χ1v) is 6.76. The lowest BCUT2D eigenvalue weighted by Gasteiger charge is -2.35. The maximum absolute atomic E-state index is 8.78. The first-order chi connectivity index (χ1) is 10.2. The van der Waals surface area contributed by atoms with E-state index in [0.29, 0.717) is 23.0 Å². The highest BCUT2D eigenvalue weighted by atomic mass is 16.5. The molecule has 0 radical (unpaired) electrons. The Kier molecular flexibility index (Phi) is 3.64. The van der Waals surface area contributed by atoms with Crippen molar-refractivity contribution in [3.05, 3.63) is 29.7 Å². The van der Waals surface area contributed by atoms with Crippen LogP contribution in [0.25, 0.3) is 11.6 Å². The summed E-state index contributed by atoms with van der Waals surface area (Å²) in [5.74, 6) is 1.06. The molecule has 3 rings (SSSR count). The summed E-state index contributed by atoms with van der Waals surface area (Å²) in [5.41, 5.74) is 1.09. The van der Waals surface area contributed by atoms with Gasteiger partial charge >= 0.3 is 0 Å². The number of aromatic nitrogens is 3. The molecule has 0 aliphatic carbocycles. The van der Waals surface area contributed by atoms with Gasteiger partial charge in [0.15, 0.2) is 5.82 Å². The number of nitriles is 1. The predicted molar refractivity (Wildman–Crippen MR) is 75.1 cm³/mol. The number of nitrogens with zero attached hydrogens (tertiary/aromatic N) is 6. The molecule has 0 aromatic carbocycles. The monoisotopic (exact) mass is 284 g/mol. The quantitative estimate of drug-likeness (QED) is 0.811. The molecule has 0 N–H and O–H groups in total. The Morgan fingerprint density at radius 3 is 2.90 bits per heavy atom. The molecule has 0 amide bonds. The third-order valence-corrected chi connectivity index (χ3v) is 3.70. The zero-order valence-corrected chi connectivity index (χ0v) is 12.0. The fourth-order valence-electron chi connectivity index (χ4n) is 2.35. The van der Waals surface area contributed by atoms with Crippen LogP contribution in [0, 0.1) is 11.3 Å². The van der Waals surface area contributed by atoms with Crippen molar-refractivity contribution in [1.29, 1.82) is 5.26 Å². The van der Waals surface area contributed by atoms with E-state index in [0.717, 1.165) is 19.6 Å². The Morgan fingerprint density at radius 2 is 2.19 bits per heavy atom. The summed E-state index contributed by atoms with van der Waals surface area (Å²) in [7, 11) is 4.15. The van der Waals surface area contributed by atoms with Gasteiger partial charge in [0, 0.05) is 25.8 Å². The van der Waals surface area contributed by atoms with Crippen LogP contribution < -0.4 is 0 Å². The molecule has 0 saturated carbocycles. The van der Waals surface area contributed by atoms with Crippen molar-refractivity contribution in [3.63, 3.8) is 0 Å². The maximum Gasteiger partial charge on any atom is 0.276 e.